The van der Waals surface area contributed by atoms with E-state index in [0.29, 0.717) is 0 Å². The molecule has 0 saturated heterocycles. The Morgan fingerprint density at radius 1 is 1.50 bits per heavy atom. The van der Waals surface area contributed by atoms with E-state index in [1.54, 1.807) is 0 Å². The van der Waals surface area contributed by atoms with Gasteiger partial charge in [-0.1, -0.05) is 0 Å². The first kappa shape index (κ1) is 9.34. The van der Waals surface area contributed by atoms with Crippen molar-refractivity contribution in [1.29, 1.82) is 0 Å². The molecule has 0 bridgehead atoms. The minimum atomic E-state index is -2.00. The van der Waals surface area contributed by atoms with Crippen molar-refractivity contribution in [1.82, 2.24) is 0 Å². The standard InChI is InChI=1S/K.2O.Ti.H/q+1;;;;-1. The molecule has 18 valence electrons. The normalized spacial score (nSPS) is 2.00. The second kappa shape index (κ2) is 8.87. The monoisotopic (exact) mass is 120 g/mol. The van der Waals surface area contributed by atoms with Crippen molar-refractivity contribution in [3.63, 3.8) is 0 Å². The van der Waals surface area contributed by atoms with Crippen molar-refractivity contribution in [2.45, 2.75) is 0 Å². The molecule has 0 aromatic rings. The Hall–Kier alpha value is 1.95. The van der Waals surface area contributed by atoms with Gasteiger partial charge in [0, 0.05) is 0 Å². The van der Waals surface area contributed by atoms with Gasteiger partial charge in [0.15, 0.2) is 0 Å². The Labute approximate surface area is 76.8 Å². The van der Waals surface area contributed by atoms with Gasteiger partial charge in [-0.15, -0.1) is 0 Å². The Morgan fingerprint density at radius 2 is 1.50 bits per heavy atom. The van der Waals surface area contributed by atoms with Crippen LogP contribution >= 0.6 is 0 Å². The van der Waals surface area contributed by atoms with Crippen molar-refractivity contribution in [3.8, 4) is 0 Å². The molecule has 0 unspecified atom stereocenters. The summed E-state index contributed by atoms with van der Waals surface area (Å²) >= 11 is -2.00. The molecule has 0 heterocycles. The summed E-state index contributed by atoms with van der Waals surface area (Å²) in [7, 11) is 0. The van der Waals surface area contributed by atoms with E-state index in [-0.39, 0.29) is 52.8 Å². The van der Waals surface area contributed by atoms with Crippen LogP contribution < -0.4 is 51.4 Å². The summed E-state index contributed by atoms with van der Waals surface area (Å²) in [6.45, 7) is 0. The molecule has 0 aromatic carbocycles. The molecule has 0 aromatic heterocycles. The molecule has 0 fully saturated rings. The average molecular weight is 120 g/mol. The summed E-state index contributed by atoms with van der Waals surface area (Å²) in [4.78, 5) is 0. The van der Waals surface area contributed by atoms with Crippen LogP contribution in [0.5, 0.6) is 0 Å². The fourth-order valence-corrected chi connectivity index (χ4v) is 0. The molecule has 0 N–H and O–H groups in total. The predicted octanol–water partition coefficient (Wildman–Crippen LogP) is -3.12. The zero-order valence-electron chi connectivity index (χ0n) is 3.32. The molecular weight excluding hydrogens is 119 g/mol. The van der Waals surface area contributed by atoms with Crippen molar-refractivity contribution in [2.24, 2.45) is 0 Å². The van der Waals surface area contributed by atoms with Gasteiger partial charge < -0.3 is 1.43 Å². The van der Waals surface area contributed by atoms with E-state index >= 15 is 0 Å². The maximum atomic E-state index is 8.50. The minimum absolute atomic E-state index is 0. The summed E-state index contributed by atoms with van der Waals surface area (Å²) in [6, 6.07) is 0. The molecule has 0 radical (unpaired) electrons. The van der Waals surface area contributed by atoms with E-state index in [2.05, 4.69) is 0 Å². The quantitative estimate of drug-likeness (QED) is 0.317. The van der Waals surface area contributed by atoms with Crippen molar-refractivity contribution >= 4 is 0 Å². The molecule has 4 heteroatoms. The Morgan fingerprint density at radius 3 is 1.50 bits per heavy atom. The molecule has 0 amide bonds. The molecular formula is HKO2Ti. The van der Waals surface area contributed by atoms with E-state index in [1.807, 2.05) is 0 Å². The van der Waals surface area contributed by atoms with Crippen LogP contribution in [0, 0.1) is 0 Å². The summed E-state index contributed by atoms with van der Waals surface area (Å²) in [6.07, 6.45) is 0. The predicted molar refractivity (Wildman–Crippen MR) is 2.49 cm³/mol. The van der Waals surface area contributed by atoms with E-state index in [1.165, 1.54) is 0 Å². The van der Waals surface area contributed by atoms with Crippen molar-refractivity contribution in [3.05, 3.63) is 0 Å². The van der Waals surface area contributed by atoms with Gasteiger partial charge in [0.05, 0.1) is 0 Å². The molecule has 0 rings (SSSR count). The van der Waals surface area contributed by atoms with Gasteiger partial charge in [-0.25, -0.2) is 0 Å². The maximum absolute atomic E-state index is 8.50. The zero-order valence-corrected chi connectivity index (χ0v) is 7.00. The SMILES string of the molecule is [H-].[K+].[O]=[Ti]=[O]. The number of hydrogen-bond acceptors (Lipinski definition) is 2. The van der Waals surface area contributed by atoms with Gasteiger partial charge in [-0.3, -0.25) is 0 Å². The third-order valence-corrected chi connectivity index (χ3v) is 0. The van der Waals surface area contributed by atoms with Crippen LogP contribution in [0.1, 0.15) is 1.43 Å². The third-order valence-electron chi connectivity index (χ3n) is 0. The number of hydrogen-bond donors (Lipinski definition) is 0. The Balaban J connectivity index is -0.0000000200. The van der Waals surface area contributed by atoms with Crippen LogP contribution in [-0.2, 0) is 25.7 Å². The van der Waals surface area contributed by atoms with E-state index in [9.17, 15) is 0 Å². The van der Waals surface area contributed by atoms with Crippen LogP contribution in [-0.4, -0.2) is 0 Å². The topological polar surface area (TPSA) is 34.1 Å². The van der Waals surface area contributed by atoms with Crippen LogP contribution in [0.25, 0.3) is 0 Å². The van der Waals surface area contributed by atoms with Crippen molar-refractivity contribution in [2.75, 3.05) is 0 Å². The van der Waals surface area contributed by atoms with E-state index < -0.39 is 19.1 Å². The van der Waals surface area contributed by atoms with Crippen LogP contribution in [0.2, 0.25) is 0 Å². The summed E-state index contributed by atoms with van der Waals surface area (Å²) in [5, 5.41) is 0. The molecule has 0 saturated carbocycles. The first-order chi connectivity index (χ1) is 1.41. The van der Waals surface area contributed by atoms with E-state index in [4.69, 9.17) is 6.65 Å². The summed E-state index contributed by atoms with van der Waals surface area (Å²) in [5.74, 6) is 0. The van der Waals surface area contributed by atoms with Gasteiger partial charge in [-0.05, 0) is 0 Å². The first-order valence-corrected chi connectivity index (χ1v) is 1.68. The summed E-state index contributed by atoms with van der Waals surface area (Å²) in [5.41, 5.74) is 0. The summed E-state index contributed by atoms with van der Waals surface area (Å²) < 4.78 is 17.0. The van der Waals surface area contributed by atoms with Gasteiger partial charge in [0.1, 0.15) is 0 Å². The first-order valence-electron chi connectivity index (χ1n) is 0.408. The van der Waals surface area contributed by atoms with Crippen LogP contribution in [0.15, 0.2) is 0 Å². The van der Waals surface area contributed by atoms with Crippen LogP contribution in [0.4, 0.5) is 0 Å². The van der Waals surface area contributed by atoms with Gasteiger partial charge in [-0.2, -0.15) is 0 Å². The van der Waals surface area contributed by atoms with Crippen LogP contribution in [0.3, 0.4) is 0 Å². The zero-order chi connectivity index (χ0) is 2.71. The van der Waals surface area contributed by atoms with Gasteiger partial charge in [0.25, 0.3) is 0 Å². The van der Waals surface area contributed by atoms with Crippen molar-refractivity contribution < 1.29 is 78.6 Å². The van der Waals surface area contributed by atoms with E-state index in [0.717, 1.165) is 0 Å². The van der Waals surface area contributed by atoms with Gasteiger partial charge >= 0.3 is 77.1 Å². The molecule has 0 aliphatic rings. The number of rotatable bonds is 0. The molecule has 0 atom stereocenters. The molecule has 0 spiro atoms. The second-order valence-corrected chi connectivity index (χ2v) is 0.344. The molecule has 0 aliphatic carbocycles. The molecule has 0 aliphatic heterocycles. The molecule has 4 heavy (non-hydrogen) atoms. The average Bonchev–Trinajstić information content (AvgIpc) is 0.918. The molecule has 2 nitrogen and oxygen atoms in total. The third kappa shape index (κ3) is 9.04. The fraction of sp³-hybridized carbons (Fsp3) is 0. The Kier molecular flexibility index (Phi) is 20.7. The second-order valence-electron chi connectivity index (χ2n) is 0.0833. The van der Waals surface area contributed by atoms with Gasteiger partial charge in [0.2, 0.25) is 0 Å². The Bertz CT molecular complexity index is 30.6. The fourth-order valence-electron chi connectivity index (χ4n) is 0.